The summed E-state index contributed by atoms with van der Waals surface area (Å²) in [5, 5.41) is 16.6. The second-order valence-corrected chi connectivity index (χ2v) is 8.94. The Kier molecular flexibility index (Phi) is 7.49. The van der Waals surface area contributed by atoms with Gasteiger partial charge in [-0.3, -0.25) is 14.6 Å². The van der Waals surface area contributed by atoms with Crippen LogP contribution in [0.3, 0.4) is 0 Å². The molecule has 1 aromatic carbocycles. The normalized spacial score (nSPS) is 18.8. The van der Waals surface area contributed by atoms with E-state index in [0.29, 0.717) is 34.0 Å². The molecule has 2 amide bonds. The number of amides is 2. The second-order valence-electron chi connectivity index (χ2n) is 8.94. The van der Waals surface area contributed by atoms with Gasteiger partial charge < -0.3 is 25.8 Å². The molecule has 11 nitrogen and oxygen atoms in total. The zero-order valence-electron chi connectivity index (χ0n) is 20.6. The number of likely N-dealkylation sites (N-methyl/N-ethyl adjacent to an activating group) is 1. The van der Waals surface area contributed by atoms with Gasteiger partial charge in [0.1, 0.15) is 11.9 Å². The van der Waals surface area contributed by atoms with Crippen LogP contribution in [0.25, 0.3) is 5.65 Å². The lowest BCUT2D eigenvalue weighted by Gasteiger charge is -2.34. The van der Waals surface area contributed by atoms with Gasteiger partial charge >= 0.3 is 0 Å². The van der Waals surface area contributed by atoms with E-state index < -0.39 is 6.10 Å². The number of aliphatic hydroxyl groups excluding tert-OH is 1. The van der Waals surface area contributed by atoms with Crippen LogP contribution >= 0.6 is 0 Å². The lowest BCUT2D eigenvalue weighted by Crippen LogP contribution is -2.44. The Hall–Kier alpha value is -3.99. The average molecular weight is 494 g/mol. The minimum Gasteiger partial charge on any atom is -0.496 e. The number of anilines is 2. The molecule has 1 fully saturated rings. The van der Waals surface area contributed by atoms with Gasteiger partial charge in [0.15, 0.2) is 11.5 Å². The molecule has 0 spiro atoms. The molecule has 1 atom stereocenters. The molecule has 0 bridgehead atoms. The molecule has 3 aromatic rings. The Labute approximate surface area is 209 Å². The highest BCUT2D eigenvalue weighted by molar-refractivity contribution is 6.07. The van der Waals surface area contributed by atoms with Gasteiger partial charge in [0, 0.05) is 42.8 Å². The number of carbonyl (C=O) groups is 2. The summed E-state index contributed by atoms with van der Waals surface area (Å²) >= 11 is 0. The molecule has 1 saturated carbocycles. The Morgan fingerprint density at radius 2 is 2.08 bits per heavy atom. The molecule has 1 aliphatic rings. The summed E-state index contributed by atoms with van der Waals surface area (Å²) in [4.78, 5) is 35.7. The van der Waals surface area contributed by atoms with E-state index in [1.807, 2.05) is 0 Å². The minimum absolute atomic E-state index is 0.0827. The van der Waals surface area contributed by atoms with E-state index in [9.17, 15) is 14.7 Å². The van der Waals surface area contributed by atoms with Crippen molar-refractivity contribution in [2.24, 2.45) is 4.99 Å². The lowest BCUT2D eigenvalue weighted by atomic mass is 9.90. The number of nitrogens with one attached hydrogen (secondary N) is 1. The number of nitrogens with zero attached hydrogens (tertiary/aromatic N) is 5. The molecule has 0 unspecified atom stereocenters. The van der Waals surface area contributed by atoms with Crippen molar-refractivity contribution in [2.45, 2.75) is 50.8 Å². The lowest BCUT2D eigenvalue weighted by molar-refractivity contribution is -0.140. The predicted octanol–water partition coefficient (Wildman–Crippen LogP) is 2.14. The fourth-order valence-corrected chi connectivity index (χ4v) is 4.42. The van der Waals surface area contributed by atoms with Gasteiger partial charge in [-0.25, -0.2) is 4.98 Å². The number of aliphatic hydroxyl groups is 1. The Morgan fingerprint density at radius 1 is 1.33 bits per heavy atom. The summed E-state index contributed by atoms with van der Waals surface area (Å²) in [7, 11) is 3.21. The number of aliphatic imine (C=N–C) groups is 1. The number of aromatic nitrogens is 3. The standard InChI is InChI=1S/C25H31N7O4/c1-15(33)25(35)31(2)18-8-6-17(7-9-18)27-13-16-11-19(21(36-3)12-20(16)26)24(34)30-23-14-28-22-5-4-10-29-32(22)23/h4-5,10-15,17-18,33H,6-9,26H2,1-3H3,(H,30,34)/t15-,17?,18?/m0/s1. The maximum absolute atomic E-state index is 13.1. The van der Waals surface area contributed by atoms with E-state index in [0.717, 1.165) is 25.7 Å². The van der Waals surface area contributed by atoms with Crippen molar-refractivity contribution in [1.29, 1.82) is 0 Å². The SMILES string of the molecule is COc1cc(N)c(C=NC2CCC(N(C)C(=O)[C@H](C)O)CC2)cc1C(=O)Nc1cnc2cccnn12. The first-order valence-corrected chi connectivity index (χ1v) is 11.8. The summed E-state index contributed by atoms with van der Waals surface area (Å²) in [5.41, 5.74) is 8.19. The van der Waals surface area contributed by atoms with Crippen molar-refractivity contribution >= 4 is 35.2 Å². The van der Waals surface area contributed by atoms with E-state index in [2.05, 4.69) is 15.4 Å². The largest absolute Gasteiger partial charge is 0.496 e. The molecule has 4 N–H and O–H groups in total. The number of hydrogen-bond acceptors (Lipinski definition) is 8. The second kappa shape index (κ2) is 10.7. The first kappa shape index (κ1) is 25.1. The third kappa shape index (κ3) is 5.30. The first-order chi connectivity index (χ1) is 17.3. The fourth-order valence-electron chi connectivity index (χ4n) is 4.42. The quantitative estimate of drug-likeness (QED) is 0.337. The summed E-state index contributed by atoms with van der Waals surface area (Å²) < 4.78 is 6.93. The zero-order valence-corrected chi connectivity index (χ0v) is 20.6. The van der Waals surface area contributed by atoms with Crippen molar-refractivity contribution in [3.05, 3.63) is 47.8 Å². The number of methoxy groups -OCH3 is 1. The third-order valence-corrected chi connectivity index (χ3v) is 6.51. The summed E-state index contributed by atoms with van der Waals surface area (Å²) in [6.07, 6.45) is 7.06. The molecule has 190 valence electrons. The Bertz CT molecular complexity index is 1280. The smallest absolute Gasteiger partial charge is 0.260 e. The van der Waals surface area contributed by atoms with Crippen molar-refractivity contribution in [2.75, 3.05) is 25.2 Å². The molecule has 4 rings (SSSR count). The van der Waals surface area contributed by atoms with Crippen LogP contribution in [0, 0.1) is 0 Å². The van der Waals surface area contributed by atoms with E-state index in [1.54, 1.807) is 48.6 Å². The van der Waals surface area contributed by atoms with Crippen molar-refractivity contribution in [3.63, 3.8) is 0 Å². The highest BCUT2D eigenvalue weighted by atomic mass is 16.5. The maximum atomic E-state index is 13.1. The number of benzene rings is 1. The monoisotopic (exact) mass is 493 g/mol. The van der Waals surface area contributed by atoms with Crippen molar-refractivity contribution < 1.29 is 19.4 Å². The van der Waals surface area contributed by atoms with E-state index >= 15 is 0 Å². The summed E-state index contributed by atoms with van der Waals surface area (Å²) in [6.45, 7) is 1.48. The molecule has 36 heavy (non-hydrogen) atoms. The molecule has 0 radical (unpaired) electrons. The molecule has 2 aromatic heterocycles. The highest BCUT2D eigenvalue weighted by Gasteiger charge is 2.27. The number of rotatable bonds is 7. The van der Waals surface area contributed by atoms with Gasteiger partial charge in [-0.2, -0.15) is 9.61 Å². The Morgan fingerprint density at radius 3 is 2.78 bits per heavy atom. The van der Waals surface area contributed by atoms with Crippen LogP contribution in [-0.4, -0.2) is 75.0 Å². The van der Waals surface area contributed by atoms with Gasteiger partial charge in [0.2, 0.25) is 0 Å². The van der Waals surface area contributed by atoms with Crippen LogP contribution in [0.2, 0.25) is 0 Å². The summed E-state index contributed by atoms with van der Waals surface area (Å²) in [6, 6.07) is 6.99. The number of nitrogens with two attached hydrogens (primary N) is 1. The zero-order chi connectivity index (χ0) is 25.8. The van der Waals surface area contributed by atoms with Crippen LogP contribution < -0.4 is 15.8 Å². The highest BCUT2D eigenvalue weighted by Crippen LogP contribution is 2.28. The summed E-state index contributed by atoms with van der Waals surface area (Å²) in [5.74, 6) is 0.120. The Balaban J connectivity index is 1.47. The number of nitrogen functional groups attached to an aromatic ring is 1. The van der Waals surface area contributed by atoms with Gasteiger partial charge in [-0.1, -0.05) is 0 Å². The number of imidazole rings is 1. The molecule has 0 saturated heterocycles. The van der Waals surface area contributed by atoms with Crippen molar-refractivity contribution in [3.8, 4) is 5.75 Å². The van der Waals surface area contributed by atoms with E-state index in [4.69, 9.17) is 15.5 Å². The molecular formula is C25H31N7O4. The average Bonchev–Trinajstić information content (AvgIpc) is 3.29. The number of carbonyl (C=O) groups excluding carboxylic acids is 2. The maximum Gasteiger partial charge on any atom is 0.260 e. The van der Waals surface area contributed by atoms with E-state index in [1.165, 1.54) is 24.7 Å². The third-order valence-electron chi connectivity index (χ3n) is 6.51. The number of hydrogen-bond donors (Lipinski definition) is 3. The molecule has 11 heteroatoms. The minimum atomic E-state index is -1.00. The van der Waals surface area contributed by atoms with Crippen LogP contribution in [0.15, 0.2) is 41.7 Å². The van der Waals surface area contributed by atoms with Crippen LogP contribution in [0.1, 0.15) is 48.5 Å². The molecule has 1 aliphatic carbocycles. The van der Waals surface area contributed by atoms with Gasteiger partial charge in [-0.15, -0.1) is 0 Å². The van der Waals surface area contributed by atoms with Crippen LogP contribution in [-0.2, 0) is 4.79 Å². The van der Waals surface area contributed by atoms with Gasteiger partial charge in [0.25, 0.3) is 11.8 Å². The fraction of sp³-hybridized carbons (Fsp3) is 0.400. The molecule has 2 heterocycles. The van der Waals surface area contributed by atoms with Gasteiger partial charge in [-0.05, 0) is 50.8 Å². The molecule has 0 aliphatic heterocycles. The molecular weight excluding hydrogens is 462 g/mol. The number of ether oxygens (including phenoxy) is 1. The van der Waals surface area contributed by atoms with Crippen molar-refractivity contribution in [1.82, 2.24) is 19.5 Å². The van der Waals surface area contributed by atoms with E-state index in [-0.39, 0.29) is 23.9 Å². The predicted molar refractivity (Wildman–Crippen MR) is 136 cm³/mol. The topological polar surface area (TPSA) is 147 Å². The van der Waals surface area contributed by atoms with Crippen LogP contribution in [0.5, 0.6) is 5.75 Å². The number of fused-ring (bicyclic) bond motifs is 1. The van der Waals surface area contributed by atoms with Gasteiger partial charge in [0.05, 0.1) is 24.9 Å². The van der Waals surface area contributed by atoms with Crippen LogP contribution in [0.4, 0.5) is 11.5 Å². The first-order valence-electron chi connectivity index (χ1n) is 11.8.